The maximum Gasteiger partial charge on any atom is 0.234 e. The fourth-order valence-corrected chi connectivity index (χ4v) is 3.55. The Labute approximate surface area is 128 Å². The number of thioether (sulfide) groups is 1. The average Bonchev–Trinajstić information content (AvgIpc) is 2.88. The van der Waals surface area contributed by atoms with Gasteiger partial charge in [0.15, 0.2) is 0 Å². The topological polar surface area (TPSA) is 54.5 Å². The Morgan fingerprint density at radius 2 is 2.35 bits per heavy atom. The SMILES string of the molecule is CSCc1nc(CCNC(=O)CN2CCOCC2)cs1. The van der Waals surface area contributed by atoms with E-state index in [0.29, 0.717) is 13.1 Å². The summed E-state index contributed by atoms with van der Waals surface area (Å²) in [5, 5.41) is 6.20. The number of nitrogens with one attached hydrogen (secondary N) is 1. The molecule has 0 bridgehead atoms. The van der Waals surface area contributed by atoms with E-state index >= 15 is 0 Å². The highest BCUT2D eigenvalue weighted by Gasteiger charge is 2.13. The molecule has 2 heterocycles. The highest BCUT2D eigenvalue weighted by atomic mass is 32.2. The van der Waals surface area contributed by atoms with Crippen LogP contribution in [0.5, 0.6) is 0 Å². The van der Waals surface area contributed by atoms with Gasteiger partial charge in [0.25, 0.3) is 0 Å². The molecular formula is C13H21N3O2S2. The van der Waals surface area contributed by atoms with Gasteiger partial charge in [0.05, 0.1) is 25.5 Å². The van der Waals surface area contributed by atoms with Gasteiger partial charge in [-0.05, 0) is 6.26 Å². The number of nitrogens with zero attached hydrogens (tertiary/aromatic N) is 2. The van der Waals surface area contributed by atoms with Crippen molar-refractivity contribution in [2.45, 2.75) is 12.2 Å². The summed E-state index contributed by atoms with van der Waals surface area (Å²) in [6, 6.07) is 0. The molecule has 0 unspecified atom stereocenters. The lowest BCUT2D eigenvalue weighted by Crippen LogP contribution is -2.43. The molecular weight excluding hydrogens is 294 g/mol. The molecule has 112 valence electrons. The Hall–Kier alpha value is -0.630. The van der Waals surface area contributed by atoms with Crippen molar-refractivity contribution >= 4 is 29.0 Å². The Balaban J connectivity index is 1.62. The Bertz CT molecular complexity index is 420. The van der Waals surface area contributed by atoms with E-state index in [1.165, 1.54) is 0 Å². The van der Waals surface area contributed by atoms with Gasteiger partial charge in [0.2, 0.25) is 5.91 Å². The number of hydrogen-bond acceptors (Lipinski definition) is 6. The molecule has 1 aromatic heterocycles. The standard InChI is InChI=1S/C13H21N3O2S2/c1-19-10-13-15-11(9-20-13)2-3-14-12(17)8-16-4-6-18-7-5-16/h9H,2-8,10H2,1H3,(H,14,17). The van der Waals surface area contributed by atoms with E-state index in [2.05, 4.69) is 26.8 Å². The van der Waals surface area contributed by atoms with Gasteiger partial charge in [-0.1, -0.05) is 0 Å². The zero-order chi connectivity index (χ0) is 14.2. The van der Waals surface area contributed by atoms with Crippen LogP contribution in [0.25, 0.3) is 0 Å². The maximum atomic E-state index is 11.8. The van der Waals surface area contributed by atoms with Gasteiger partial charge in [-0.25, -0.2) is 4.98 Å². The van der Waals surface area contributed by atoms with Crippen LogP contribution in [-0.2, 0) is 21.7 Å². The largest absolute Gasteiger partial charge is 0.379 e. The van der Waals surface area contributed by atoms with Crippen molar-refractivity contribution < 1.29 is 9.53 Å². The molecule has 1 fully saturated rings. The van der Waals surface area contributed by atoms with Crippen LogP contribution < -0.4 is 5.32 Å². The third-order valence-corrected chi connectivity index (χ3v) is 4.68. The predicted molar refractivity (Wildman–Crippen MR) is 83.3 cm³/mol. The molecule has 0 aromatic carbocycles. The van der Waals surface area contributed by atoms with Crippen LogP contribution in [0.3, 0.4) is 0 Å². The zero-order valence-electron chi connectivity index (χ0n) is 11.8. The third kappa shape index (κ3) is 5.40. The molecule has 2 rings (SSSR count). The molecule has 7 heteroatoms. The molecule has 1 aromatic rings. The van der Waals surface area contributed by atoms with E-state index in [9.17, 15) is 4.79 Å². The minimum atomic E-state index is 0.0893. The maximum absolute atomic E-state index is 11.8. The van der Waals surface area contributed by atoms with Gasteiger partial charge in [-0.15, -0.1) is 11.3 Å². The van der Waals surface area contributed by atoms with Crippen LogP contribution in [0, 0.1) is 0 Å². The number of morpholine rings is 1. The Morgan fingerprint density at radius 1 is 1.55 bits per heavy atom. The highest BCUT2D eigenvalue weighted by molar-refractivity contribution is 7.97. The summed E-state index contributed by atoms with van der Waals surface area (Å²) in [6.45, 7) is 4.27. The van der Waals surface area contributed by atoms with Crippen LogP contribution in [0.2, 0.25) is 0 Å². The van der Waals surface area contributed by atoms with Gasteiger partial charge >= 0.3 is 0 Å². The molecule has 1 N–H and O–H groups in total. The summed E-state index contributed by atoms with van der Waals surface area (Å²) >= 11 is 3.47. The van der Waals surface area contributed by atoms with E-state index < -0.39 is 0 Å². The molecule has 5 nitrogen and oxygen atoms in total. The monoisotopic (exact) mass is 315 g/mol. The lowest BCUT2D eigenvalue weighted by atomic mass is 10.3. The second kappa shape index (κ2) is 8.61. The van der Waals surface area contributed by atoms with Gasteiger partial charge < -0.3 is 10.1 Å². The lowest BCUT2D eigenvalue weighted by molar-refractivity contribution is -0.123. The number of ether oxygens (including phenoxy) is 1. The highest BCUT2D eigenvalue weighted by Crippen LogP contribution is 2.15. The molecule has 1 aliphatic heterocycles. The number of thiazole rings is 1. The minimum absolute atomic E-state index is 0.0893. The first-order chi connectivity index (χ1) is 9.78. The van der Waals surface area contributed by atoms with Crippen LogP contribution in [0.4, 0.5) is 0 Å². The first-order valence-corrected chi connectivity index (χ1v) is 9.04. The van der Waals surface area contributed by atoms with E-state index in [-0.39, 0.29) is 5.91 Å². The second-order valence-corrected chi connectivity index (χ2v) is 6.46. The molecule has 0 atom stereocenters. The smallest absolute Gasteiger partial charge is 0.234 e. The number of rotatable bonds is 7. The van der Waals surface area contributed by atoms with Crippen molar-refractivity contribution in [3.05, 3.63) is 16.1 Å². The van der Waals surface area contributed by atoms with Gasteiger partial charge in [-0.3, -0.25) is 9.69 Å². The van der Waals surface area contributed by atoms with E-state index in [0.717, 1.165) is 49.2 Å². The normalized spacial score (nSPS) is 16.2. The number of aromatic nitrogens is 1. The van der Waals surface area contributed by atoms with E-state index in [1.54, 1.807) is 23.1 Å². The first kappa shape index (κ1) is 15.8. The zero-order valence-corrected chi connectivity index (χ0v) is 13.4. The molecule has 1 aliphatic rings. The number of amides is 1. The average molecular weight is 315 g/mol. The summed E-state index contributed by atoms with van der Waals surface area (Å²) in [6.07, 6.45) is 2.88. The summed E-state index contributed by atoms with van der Waals surface area (Å²) in [7, 11) is 0. The van der Waals surface area contributed by atoms with E-state index in [1.807, 2.05) is 0 Å². The minimum Gasteiger partial charge on any atom is -0.379 e. The van der Waals surface area contributed by atoms with Gasteiger partial charge in [0.1, 0.15) is 5.01 Å². The Kier molecular flexibility index (Phi) is 6.78. The van der Waals surface area contributed by atoms with Crippen molar-refractivity contribution in [2.75, 3.05) is 45.6 Å². The molecule has 0 aliphatic carbocycles. The first-order valence-electron chi connectivity index (χ1n) is 6.77. The van der Waals surface area contributed by atoms with Crippen LogP contribution in [0.1, 0.15) is 10.7 Å². The number of hydrogen-bond donors (Lipinski definition) is 1. The Morgan fingerprint density at radius 3 is 3.10 bits per heavy atom. The molecule has 0 spiro atoms. The number of carbonyl (C=O) groups is 1. The van der Waals surface area contributed by atoms with Crippen LogP contribution >= 0.6 is 23.1 Å². The molecule has 20 heavy (non-hydrogen) atoms. The van der Waals surface area contributed by atoms with Crippen molar-refractivity contribution in [1.82, 2.24) is 15.2 Å². The fraction of sp³-hybridized carbons (Fsp3) is 0.692. The lowest BCUT2D eigenvalue weighted by Gasteiger charge is -2.25. The summed E-state index contributed by atoms with van der Waals surface area (Å²) in [5.74, 6) is 1.06. The van der Waals surface area contributed by atoms with Crippen LogP contribution in [-0.4, -0.2) is 61.4 Å². The summed E-state index contributed by atoms with van der Waals surface area (Å²) < 4.78 is 5.26. The molecule has 0 radical (unpaired) electrons. The molecule has 1 saturated heterocycles. The fourth-order valence-electron chi connectivity index (χ4n) is 2.00. The third-order valence-electron chi connectivity index (χ3n) is 3.04. The van der Waals surface area contributed by atoms with Crippen molar-refractivity contribution in [2.24, 2.45) is 0 Å². The van der Waals surface area contributed by atoms with Crippen LogP contribution in [0.15, 0.2) is 5.38 Å². The van der Waals surface area contributed by atoms with E-state index in [4.69, 9.17) is 4.74 Å². The van der Waals surface area contributed by atoms with Crippen molar-refractivity contribution in [1.29, 1.82) is 0 Å². The number of carbonyl (C=O) groups excluding carboxylic acids is 1. The van der Waals surface area contributed by atoms with Crippen molar-refractivity contribution in [3.63, 3.8) is 0 Å². The second-order valence-electron chi connectivity index (χ2n) is 4.65. The molecule has 1 amide bonds. The predicted octanol–water partition coefficient (Wildman–Crippen LogP) is 0.997. The van der Waals surface area contributed by atoms with Gasteiger partial charge in [-0.2, -0.15) is 11.8 Å². The van der Waals surface area contributed by atoms with Crippen molar-refractivity contribution in [3.8, 4) is 0 Å². The molecule has 0 saturated carbocycles. The quantitative estimate of drug-likeness (QED) is 0.813. The summed E-state index contributed by atoms with van der Waals surface area (Å²) in [4.78, 5) is 18.4. The summed E-state index contributed by atoms with van der Waals surface area (Å²) in [5.41, 5.74) is 1.07. The van der Waals surface area contributed by atoms with Gasteiger partial charge in [0, 0.05) is 37.2 Å².